The lowest BCUT2D eigenvalue weighted by molar-refractivity contribution is 0.197. The summed E-state index contributed by atoms with van der Waals surface area (Å²) in [7, 11) is -2.91. The first-order valence-corrected chi connectivity index (χ1v) is 14.1. The van der Waals surface area contributed by atoms with Gasteiger partial charge in [0, 0.05) is 0 Å². The fourth-order valence-corrected chi connectivity index (χ4v) is 5.13. The molecule has 170 valence electrons. The van der Waals surface area contributed by atoms with Crippen molar-refractivity contribution in [2.75, 3.05) is 19.4 Å². The summed E-state index contributed by atoms with van der Waals surface area (Å²) in [5.74, 6) is 0.750. The molecule has 0 aliphatic carbocycles. The maximum atomic E-state index is 13.1. The van der Waals surface area contributed by atoms with Gasteiger partial charge in [-0.1, -0.05) is 111 Å². The van der Waals surface area contributed by atoms with E-state index in [2.05, 4.69) is 27.7 Å². The molecule has 0 aliphatic rings. The Bertz CT molecular complexity index is 336. The smallest absolute Gasteiger partial charge is 0.309 e. The van der Waals surface area contributed by atoms with Crippen LogP contribution in [0.2, 0.25) is 0 Å². The Morgan fingerprint density at radius 2 is 1.04 bits per heavy atom. The summed E-state index contributed by atoms with van der Waals surface area (Å²) >= 11 is 0. The van der Waals surface area contributed by atoms with E-state index in [9.17, 15) is 4.57 Å². The van der Waals surface area contributed by atoms with Crippen LogP contribution >= 0.6 is 7.60 Å². The maximum Gasteiger partial charge on any atom is 0.330 e. The molecule has 0 atom stereocenters. The Kier molecular flexibility index (Phi) is 20.5. The molecule has 0 rings (SSSR count). The lowest BCUT2D eigenvalue weighted by Gasteiger charge is -2.19. The average molecular weight is 419 g/mol. The van der Waals surface area contributed by atoms with Gasteiger partial charge in [-0.3, -0.25) is 4.57 Å². The summed E-state index contributed by atoms with van der Waals surface area (Å²) in [6, 6.07) is 0. The second-order valence-electron chi connectivity index (χ2n) is 8.78. The van der Waals surface area contributed by atoms with E-state index in [1.165, 1.54) is 77.0 Å². The number of hydrogen-bond acceptors (Lipinski definition) is 3. The Balaban J connectivity index is 4.08. The van der Waals surface area contributed by atoms with Gasteiger partial charge in [-0.15, -0.1) is 0 Å². The fourth-order valence-electron chi connectivity index (χ4n) is 3.37. The molecule has 0 aromatic heterocycles. The molecule has 3 nitrogen and oxygen atoms in total. The quantitative estimate of drug-likeness (QED) is 0.130. The Morgan fingerprint density at radius 3 is 1.50 bits per heavy atom. The fraction of sp³-hybridized carbons (Fsp3) is 1.00. The molecule has 0 saturated carbocycles. The first kappa shape index (κ1) is 28.1. The number of hydrogen-bond donors (Lipinski definition) is 0. The zero-order valence-electron chi connectivity index (χ0n) is 19.7. The van der Waals surface area contributed by atoms with Crippen molar-refractivity contribution in [1.82, 2.24) is 0 Å². The predicted molar refractivity (Wildman–Crippen MR) is 124 cm³/mol. The van der Waals surface area contributed by atoms with Crippen molar-refractivity contribution in [3.8, 4) is 0 Å². The van der Waals surface area contributed by atoms with Crippen LogP contribution < -0.4 is 0 Å². The van der Waals surface area contributed by atoms with Gasteiger partial charge < -0.3 is 9.05 Å². The van der Waals surface area contributed by atoms with Crippen LogP contribution in [0.5, 0.6) is 0 Å². The first-order valence-electron chi connectivity index (χ1n) is 12.4. The van der Waals surface area contributed by atoms with Gasteiger partial charge in [0.2, 0.25) is 0 Å². The van der Waals surface area contributed by atoms with E-state index in [4.69, 9.17) is 9.05 Å². The highest BCUT2D eigenvalue weighted by molar-refractivity contribution is 7.53. The molecule has 0 radical (unpaired) electrons. The molecule has 0 spiro atoms. The molecule has 4 heteroatoms. The van der Waals surface area contributed by atoms with Gasteiger partial charge in [-0.2, -0.15) is 0 Å². The van der Waals surface area contributed by atoms with E-state index < -0.39 is 7.60 Å². The van der Waals surface area contributed by atoms with Crippen molar-refractivity contribution >= 4 is 7.60 Å². The lowest BCUT2D eigenvalue weighted by atomic mass is 10.1. The second-order valence-corrected chi connectivity index (χ2v) is 11.0. The van der Waals surface area contributed by atoms with E-state index in [1.54, 1.807) is 0 Å². The summed E-state index contributed by atoms with van der Waals surface area (Å²) in [4.78, 5) is 0. The van der Waals surface area contributed by atoms with E-state index in [-0.39, 0.29) is 0 Å². The largest absolute Gasteiger partial charge is 0.330 e. The summed E-state index contributed by atoms with van der Waals surface area (Å²) < 4.78 is 24.8. The molecule has 0 heterocycles. The standard InChI is InChI=1S/C24H51O3P/c1-5-7-9-11-13-17-21-26-28(25,23-19-15-16-20-24(3)4)27-22-18-14-12-10-8-6-2/h24H,5-23H2,1-4H3. The van der Waals surface area contributed by atoms with Crippen molar-refractivity contribution in [3.05, 3.63) is 0 Å². The number of unbranched alkanes of at least 4 members (excludes halogenated alkanes) is 12. The molecule has 0 amide bonds. The van der Waals surface area contributed by atoms with Crippen LogP contribution in [0.3, 0.4) is 0 Å². The third kappa shape index (κ3) is 19.5. The molecule has 0 bridgehead atoms. The second kappa shape index (κ2) is 20.4. The summed E-state index contributed by atoms with van der Waals surface area (Å²) in [5.41, 5.74) is 0. The molecular formula is C24H51O3P. The van der Waals surface area contributed by atoms with Gasteiger partial charge in [-0.25, -0.2) is 0 Å². The highest BCUT2D eigenvalue weighted by Crippen LogP contribution is 2.49. The Labute approximate surface area is 177 Å². The Morgan fingerprint density at radius 1 is 0.607 bits per heavy atom. The normalized spacial score (nSPS) is 12.2. The minimum absolute atomic E-state index is 0.589. The summed E-state index contributed by atoms with van der Waals surface area (Å²) in [6.45, 7) is 10.2. The molecule has 0 aromatic carbocycles. The third-order valence-corrected chi connectivity index (χ3v) is 7.30. The highest BCUT2D eigenvalue weighted by atomic mass is 31.2. The molecule has 0 aliphatic heterocycles. The van der Waals surface area contributed by atoms with Crippen molar-refractivity contribution < 1.29 is 13.6 Å². The van der Waals surface area contributed by atoms with E-state index in [0.717, 1.165) is 31.6 Å². The van der Waals surface area contributed by atoms with Crippen LogP contribution in [0.4, 0.5) is 0 Å². The van der Waals surface area contributed by atoms with Gasteiger partial charge in [0.05, 0.1) is 19.4 Å². The van der Waals surface area contributed by atoms with Crippen LogP contribution in [0.15, 0.2) is 0 Å². The average Bonchev–Trinajstić information content (AvgIpc) is 2.66. The van der Waals surface area contributed by atoms with Crippen molar-refractivity contribution in [2.24, 2.45) is 5.92 Å². The first-order chi connectivity index (χ1) is 13.5. The molecule has 0 N–H and O–H groups in total. The van der Waals surface area contributed by atoms with E-state index in [0.29, 0.717) is 19.4 Å². The van der Waals surface area contributed by atoms with Crippen LogP contribution in [-0.2, 0) is 13.6 Å². The topological polar surface area (TPSA) is 35.5 Å². The molecule has 0 aromatic rings. The van der Waals surface area contributed by atoms with E-state index >= 15 is 0 Å². The van der Waals surface area contributed by atoms with Gasteiger partial charge >= 0.3 is 7.60 Å². The van der Waals surface area contributed by atoms with Crippen LogP contribution in [0, 0.1) is 5.92 Å². The Hall–Kier alpha value is 0.150. The number of rotatable bonds is 22. The van der Waals surface area contributed by atoms with Crippen molar-refractivity contribution in [2.45, 2.75) is 130 Å². The van der Waals surface area contributed by atoms with Crippen molar-refractivity contribution in [3.63, 3.8) is 0 Å². The van der Waals surface area contributed by atoms with Gasteiger partial charge in [0.1, 0.15) is 0 Å². The minimum atomic E-state index is -2.91. The van der Waals surface area contributed by atoms with Crippen LogP contribution in [0.1, 0.15) is 130 Å². The molecule has 0 unspecified atom stereocenters. The molecule has 28 heavy (non-hydrogen) atoms. The van der Waals surface area contributed by atoms with Crippen LogP contribution in [-0.4, -0.2) is 19.4 Å². The van der Waals surface area contributed by atoms with E-state index in [1.807, 2.05) is 0 Å². The summed E-state index contributed by atoms with van der Waals surface area (Å²) in [6.07, 6.45) is 19.8. The minimum Gasteiger partial charge on any atom is -0.309 e. The summed E-state index contributed by atoms with van der Waals surface area (Å²) in [5, 5.41) is 0. The SMILES string of the molecule is CCCCCCCCOP(=O)(CCCCCC(C)C)OCCCCCCCC. The van der Waals surface area contributed by atoms with Gasteiger partial charge in [-0.05, 0) is 25.2 Å². The van der Waals surface area contributed by atoms with Gasteiger partial charge in [0.25, 0.3) is 0 Å². The zero-order chi connectivity index (χ0) is 20.9. The lowest BCUT2D eigenvalue weighted by Crippen LogP contribution is -2.04. The van der Waals surface area contributed by atoms with Gasteiger partial charge in [0.15, 0.2) is 0 Å². The third-order valence-electron chi connectivity index (χ3n) is 5.29. The zero-order valence-corrected chi connectivity index (χ0v) is 20.6. The molecular weight excluding hydrogens is 367 g/mol. The van der Waals surface area contributed by atoms with Crippen LogP contribution in [0.25, 0.3) is 0 Å². The highest BCUT2D eigenvalue weighted by Gasteiger charge is 2.23. The molecule has 0 saturated heterocycles. The predicted octanol–water partition coefficient (Wildman–Crippen LogP) is 9.15. The monoisotopic (exact) mass is 418 g/mol. The molecule has 0 fully saturated rings. The van der Waals surface area contributed by atoms with Crippen molar-refractivity contribution in [1.29, 1.82) is 0 Å². The maximum absolute atomic E-state index is 13.1.